The monoisotopic (exact) mass is 358 g/mol. The molecule has 4 nitrogen and oxygen atoms in total. The van der Waals surface area contributed by atoms with Crippen molar-refractivity contribution in [3.8, 4) is 0 Å². The second-order valence-electron chi connectivity index (χ2n) is 7.68. The van der Waals surface area contributed by atoms with Crippen molar-refractivity contribution in [2.45, 2.75) is 53.8 Å². The van der Waals surface area contributed by atoms with Crippen LogP contribution >= 0.6 is 0 Å². The molecule has 1 aliphatic heterocycles. The standard InChI is InChI=1S/C22H30O4/c1-15(2)19-10-5-6-11-20(16(3)4)22(24)26-14-18-9-7-8-17(12-18)13-25-21(19)23/h5-9,12,15-16,19-20H,10-11,13-14H2,1-4H3/t19-,20-/m0/s1. The molecule has 0 N–H and O–H groups in total. The van der Waals surface area contributed by atoms with E-state index in [4.69, 9.17) is 9.47 Å². The maximum atomic E-state index is 12.5. The Balaban J connectivity index is 2.25. The molecule has 0 unspecified atom stereocenters. The summed E-state index contributed by atoms with van der Waals surface area (Å²) in [6, 6.07) is 7.65. The number of carbonyl (C=O) groups excluding carboxylic acids is 2. The molecular formula is C22H30O4. The molecule has 1 heterocycles. The minimum atomic E-state index is -0.177. The fourth-order valence-corrected chi connectivity index (χ4v) is 3.10. The number of allylic oxidation sites excluding steroid dienone is 2. The summed E-state index contributed by atoms with van der Waals surface area (Å²) in [6.45, 7) is 8.60. The van der Waals surface area contributed by atoms with Crippen molar-refractivity contribution in [2.75, 3.05) is 0 Å². The molecule has 142 valence electrons. The second-order valence-corrected chi connectivity index (χ2v) is 7.68. The first-order chi connectivity index (χ1) is 12.4. The number of hydrogen-bond acceptors (Lipinski definition) is 4. The van der Waals surface area contributed by atoms with Gasteiger partial charge in [0.1, 0.15) is 13.2 Å². The highest BCUT2D eigenvalue weighted by molar-refractivity contribution is 5.73. The number of cyclic esters (lactones) is 2. The molecule has 0 saturated carbocycles. The Morgan fingerprint density at radius 3 is 1.62 bits per heavy atom. The largest absolute Gasteiger partial charge is 0.461 e. The van der Waals surface area contributed by atoms with Crippen LogP contribution in [0.25, 0.3) is 0 Å². The van der Waals surface area contributed by atoms with E-state index in [1.807, 2.05) is 64.1 Å². The number of ether oxygens (including phenoxy) is 2. The SMILES string of the molecule is CC(C)[C@@H]1CC=CC[C@@H](C(C)C)C(=O)OCc2cccc(c2)COC1=O. The van der Waals surface area contributed by atoms with Crippen molar-refractivity contribution in [3.05, 3.63) is 47.5 Å². The third kappa shape index (κ3) is 5.72. The molecule has 2 bridgehead atoms. The normalized spacial score (nSPS) is 22.5. The third-order valence-corrected chi connectivity index (χ3v) is 4.92. The molecule has 1 aliphatic rings. The van der Waals surface area contributed by atoms with Gasteiger partial charge in [-0.3, -0.25) is 9.59 Å². The van der Waals surface area contributed by atoms with Gasteiger partial charge in [0.25, 0.3) is 0 Å². The maximum Gasteiger partial charge on any atom is 0.309 e. The van der Waals surface area contributed by atoms with Crippen molar-refractivity contribution in [3.63, 3.8) is 0 Å². The first kappa shape index (κ1) is 20.2. The van der Waals surface area contributed by atoms with E-state index < -0.39 is 0 Å². The van der Waals surface area contributed by atoms with Crippen molar-refractivity contribution >= 4 is 11.9 Å². The number of fused-ring (bicyclic) bond motifs is 2. The van der Waals surface area contributed by atoms with Gasteiger partial charge in [0, 0.05) is 0 Å². The Kier molecular flexibility index (Phi) is 7.43. The minimum absolute atomic E-state index is 0.169. The topological polar surface area (TPSA) is 52.6 Å². The maximum absolute atomic E-state index is 12.5. The highest BCUT2D eigenvalue weighted by Crippen LogP contribution is 2.22. The number of esters is 2. The van der Waals surface area contributed by atoms with E-state index in [1.165, 1.54) is 0 Å². The number of benzene rings is 1. The van der Waals surface area contributed by atoms with Gasteiger partial charge in [-0.15, -0.1) is 0 Å². The first-order valence-corrected chi connectivity index (χ1v) is 9.44. The summed E-state index contributed by atoms with van der Waals surface area (Å²) in [4.78, 5) is 25.0. The van der Waals surface area contributed by atoms with Crippen LogP contribution in [0.3, 0.4) is 0 Å². The Hall–Kier alpha value is -2.10. The lowest BCUT2D eigenvalue weighted by atomic mass is 9.90. The molecule has 0 aromatic heterocycles. The molecule has 2 atom stereocenters. The summed E-state index contributed by atoms with van der Waals surface area (Å²) in [5, 5.41) is 0. The van der Waals surface area contributed by atoms with Crippen LogP contribution in [0.1, 0.15) is 51.7 Å². The fourth-order valence-electron chi connectivity index (χ4n) is 3.10. The van der Waals surface area contributed by atoms with Gasteiger partial charge in [0.15, 0.2) is 0 Å². The van der Waals surface area contributed by atoms with Crippen molar-refractivity contribution < 1.29 is 19.1 Å². The summed E-state index contributed by atoms with van der Waals surface area (Å²) in [5.74, 6) is -0.302. The summed E-state index contributed by atoms with van der Waals surface area (Å²) in [7, 11) is 0. The Morgan fingerprint density at radius 2 is 1.23 bits per heavy atom. The lowest BCUT2D eigenvalue weighted by Crippen LogP contribution is -2.22. The molecule has 0 saturated heterocycles. The van der Waals surface area contributed by atoms with E-state index in [9.17, 15) is 9.59 Å². The van der Waals surface area contributed by atoms with E-state index in [1.54, 1.807) is 0 Å². The molecule has 0 radical (unpaired) electrons. The van der Waals surface area contributed by atoms with Crippen LogP contribution in [0.2, 0.25) is 0 Å². The van der Waals surface area contributed by atoms with Crippen LogP contribution in [-0.4, -0.2) is 11.9 Å². The van der Waals surface area contributed by atoms with Gasteiger partial charge in [-0.2, -0.15) is 0 Å². The van der Waals surface area contributed by atoms with E-state index in [0.717, 1.165) is 11.1 Å². The van der Waals surface area contributed by atoms with Gasteiger partial charge in [-0.1, -0.05) is 58.0 Å². The molecule has 0 fully saturated rings. The molecule has 0 amide bonds. The Bertz CT molecular complexity index is 594. The van der Waals surface area contributed by atoms with Gasteiger partial charge < -0.3 is 9.47 Å². The Labute approximate surface area is 156 Å². The number of hydrogen-bond donors (Lipinski definition) is 0. The average Bonchev–Trinajstić information content (AvgIpc) is 2.60. The third-order valence-electron chi connectivity index (χ3n) is 4.92. The number of rotatable bonds is 2. The summed E-state index contributed by atoms with van der Waals surface area (Å²) in [6.07, 6.45) is 5.23. The molecule has 0 aliphatic carbocycles. The summed E-state index contributed by atoms with van der Waals surface area (Å²) < 4.78 is 11.1. The Morgan fingerprint density at radius 1 is 0.808 bits per heavy atom. The molecule has 4 heteroatoms. The predicted molar refractivity (Wildman–Crippen MR) is 101 cm³/mol. The van der Waals surface area contributed by atoms with Gasteiger partial charge >= 0.3 is 11.9 Å². The summed E-state index contributed by atoms with van der Waals surface area (Å²) in [5.41, 5.74) is 1.81. The van der Waals surface area contributed by atoms with E-state index in [-0.39, 0.29) is 48.8 Å². The molecule has 2 rings (SSSR count). The lowest BCUT2D eigenvalue weighted by Gasteiger charge is -2.18. The van der Waals surface area contributed by atoms with E-state index in [0.29, 0.717) is 12.8 Å². The van der Waals surface area contributed by atoms with E-state index >= 15 is 0 Å². The van der Waals surface area contributed by atoms with Crippen LogP contribution in [0.4, 0.5) is 0 Å². The minimum Gasteiger partial charge on any atom is -0.461 e. The van der Waals surface area contributed by atoms with Crippen molar-refractivity contribution in [2.24, 2.45) is 23.7 Å². The van der Waals surface area contributed by atoms with Gasteiger partial charge in [0.2, 0.25) is 0 Å². The fraction of sp³-hybridized carbons (Fsp3) is 0.545. The van der Waals surface area contributed by atoms with Gasteiger partial charge in [0.05, 0.1) is 11.8 Å². The van der Waals surface area contributed by atoms with Crippen LogP contribution in [0, 0.1) is 23.7 Å². The molecular weight excluding hydrogens is 328 g/mol. The zero-order chi connectivity index (χ0) is 19.1. The van der Waals surface area contributed by atoms with E-state index in [2.05, 4.69) is 0 Å². The first-order valence-electron chi connectivity index (χ1n) is 9.44. The lowest BCUT2D eigenvalue weighted by molar-refractivity contribution is -0.152. The molecule has 1 aromatic rings. The van der Waals surface area contributed by atoms with Crippen LogP contribution < -0.4 is 0 Å². The quantitative estimate of drug-likeness (QED) is 0.569. The molecule has 26 heavy (non-hydrogen) atoms. The molecule has 0 spiro atoms. The van der Waals surface area contributed by atoms with Crippen molar-refractivity contribution in [1.82, 2.24) is 0 Å². The van der Waals surface area contributed by atoms with Crippen LogP contribution in [0.15, 0.2) is 36.4 Å². The highest BCUT2D eigenvalue weighted by Gasteiger charge is 2.25. The van der Waals surface area contributed by atoms with Crippen LogP contribution in [-0.2, 0) is 32.3 Å². The van der Waals surface area contributed by atoms with Gasteiger partial charge in [-0.05, 0) is 41.9 Å². The second kappa shape index (κ2) is 9.56. The zero-order valence-corrected chi connectivity index (χ0v) is 16.2. The average molecular weight is 358 g/mol. The highest BCUT2D eigenvalue weighted by atomic mass is 16.5. The van der Waals surface area contributed by atoms with Crippen molar-refractivity contribution in [1.29, 1.82) is 0 Å². The van der Waals surface area contributed by atoms with Crippen LogP contribution in [0.5, 0.6) is 0 Å². The van der Waals surface area contributed by atoms with Gasteiger partial charge in [-0.25, -0.2) is 0 Å². The molecule has 1 aromatic carbocycles. The summed E-state index contributed by atoms with van der Waals surface area (Å²) >= 11 is 0. The smallest absolute Gasteiger partial charge is 0.309 e. The number of carbonyl (C=O) groups is 2. The zero-order valence-electron chi connectivity index (χ0n) is 16.2. The predicted octanol–water partition coefficient (Wildman–Crippen LogP) is 4.67.